The number of carbonyl (C=O) groups is 1. The Hall–Kier alpha value is -2.32. The molecule has 2 aliphatic rings. The summed E-state index contributed by atoms with van der Waals surface area (Å²) in [6.07, 6.45) is 1.23. The van der Waals surface area contributed by atoms with E-state index in [-0.39, 0.29) is 36.5 Å². The van der Waals surface area contributed by atoms with Crippen molar-refractivity contribution in [3.8, 4) is 11.4 Å². The fourth-order valence-corrected chi connectivity index (χ4v) is 3.47. The number of aromatic amines is 1. The zero-order valence-corrected chi connectivity index (χ0v) is 11.8. The molecule has 0 radical (unpaired) electrons. The molecule has 116 valence electrons. The highest BCUT2D eigenvalue weighted by atomic mass is 19.3. The van der Waals surface area contributed by atoms with E-state index in [9.17, 15) is 13.6 Å². The van der Waals surface area contributed by atoms with Crippen molar-refractivity contribution in [2.75, 3.05) is 5.32 Å². The summed E-state index contributed by atoms with van der Waals surface area (Å²) in [5, 5.41) is 17.1. The van der Waals surface area contributed by atoms with Crippen molar-refractivity contribution in [2.45, 2.75) is 18.8 Å². The van der Waals surface area contributed by atoms with Crippen molar-refractivity contribution < 1.29 is 13.6 Å². The molecule has 0 aliphatic heterocycles. The highest BCUT2D eigenvalue weighted by molar-refractivity contribution is 5.96. The fourth-order valence-electron chi connectivity index (χ4n) is 3.47. The monoisotopic (exact) mass is 308 g/mol. The van der Waals surface area contributed by atoms with Gasteiger partial charge in [-0.05, 0) is 17.9 Å². The molecule has 2 N–H and O–H groups in total. The third-order valence-corrected chi connectivity index (χ3v) is 4.56. The van der Waals surface area contributed by atoms with Gasteiger partial charge in [-0.15, -0.1) is 5.10 Å². The molecule has 2 fully saturated rings. The quantitative estimate of drug-likeness (QED) is 0.898. The van der Waals surface area contributed by atoms with Gasteiger partial charge in [0.05, 0.1) is 5.69 Å². The number of anilines is 1. The second kappa shape index (κ2) is 4.34. The Morgan fingerprint density at radius 2 is 2.14 bits per heavy atom. The first-order chi connectivity index (χ1) is 10.5. The molecule has 22 heavy (non-hydrogen) atoms. The number of rotatable bonds is 3. The van der Waals surface area contributed by atoms with Crippen molar-refractivity contribution in [2.24, 2.45) is 24.8 Å². The van der Waals surface area contributed by atoms with Crippen LogP contribution in [0, 0.1) is 17.8 Å². The third-order valence-electron chi connectivity index (χ3n) is 4.56. The Labute approximate surface area is 124 Å². The molecule has 3 atom stereocenters. The molecule has 2 aromatic rings. The zero-order chi connectivity index (χ0) is 15.5. The van der Waals surface area contributed by atoms with Crippen LogP contribution in [0.25, 0.3) is 11.4 Å². The molecule has 0 spiro atoms. The van der Waals surface area contributed by atoms with E-state index in [0.29, 0.717) is 17.2 Å². The summed E-state index contributed by atoms with van der Waals surface area (Å²) in [5.74, 6) is -3.33. The molecule has 4 rings (SSSR count). The van der Waals surface area contributed by atoms with Crippen LogP contribution in [0.15, 0.2) is 12.3 Å². The number of amides is 1. The topological polar surface area (TPSA) is 88.5 Å². The number of hydrogen-bond acceptors (Lipinski definition) is 4. The van der Waals surface area contributed by atoms with E-state index in [0.717, 1.165) is 0 Å². The van der Waals surface area contributed by atoms with Crippen LogP contribution in [0.1, 0.15) is 12.8 Å². The molecule has 0 bridgehead atoms. The minimum absolute atomic E-state index is 0.191. The molecule has 7 nitrogen and oxygen atoms in total. The Morgan fingerprint density at radius 1 is 1.41 bits per heavy atom. The summed E-state index contributed by atoms with van der Waals surface area (Å²) in [7, 11) is 1.75. The summed E-state index contributed by atoms with van der Waals surface area (Å²) in [5.41, 5.74) is 1.18. The molecule has 2 heterocycles. The van der Waals surface area contributed by atoms with E-state index in [1.165, 1.54) is 0 Å². The van der Waals surface area contributed by atoms with E-state index < -0.39 is 5.92 Å². The molecule has 1 unspecified atom stereocenters. The lowest BCUT2D eigenvalue weighted by Crippen LogP contribution is -2.22. The Morgan fingerprint density at radius 3 is 2.77 bits per heavy atom. The smallest absolute Gasteiger partial charge is 0.248 e. The Bertz CT molecular complexity index is 724. The molecule has 2 aliphatic carbocycles. The average Bonchev–Trinajstić information content (AvgIpc) is 2.85. The summed E-state index contributed by atoms with van der Waals surface area (Å²) in [6.45, 7) is 0. The van der Waals surface area contributed by atoms with E-state index in [2.05, 4.69) is 25.8 Å². The number of H-pyrrole nitrogens is 1. The highest BCUT2D eigenvalue weighted by Crippen LogP contribution is 2.62. The van der Waals surface area contributed by atoms with Crippen molar-refractivity contribution >= 4 is 11.7 Å². The maximum absolute atomic E-state index is 13.2. The second-order valence-corrected chi connectivity index (χ2v) is 5.97. The van der Waals surface area contributed by atoms with Crippen molar-refractivity contribution in [3.05, 3.63) is 12.3 Å². The number of nitrogens with one attached hydrogen (secondary N) is 2. The summed E-state index contributed by atoms with van der Waals surface area (Å²) < 4.78 is 27.9. The maximum atomic E-state index is 13.2. The van der Waals surface area contributed by atoms with Gasteiger partial charge in [-0.1, -0.05) is 0 Å². The number of halogens is 2. The van der Waals surface area contributed by atoms with Gasteiger partial charge in [0.2, 0.25) is 11.8 Å². The number of carbonyl (C=O) groups excluding carboxylic acids is 1. The van der Waals surface area contributed by atoms with Gasteiger partial charge >= 0.3 is 0 Å². The van der Waals surface area contributed by atoms with Gasteiger partial charge in [-0.2, -0.15) is 15.4 Å². The minimum Gasteiger partial charge on any atom is -0.307 e. The lowest BCUT2D eigenvalue weighted by molar-refractivity contribution is -0.118. The lowest BCUT2D eigenvalue weighted by atomic mass is 10.1. The first-order valence-corrected chi connectivity index (χ1v) is 7.04. The minimum atomic E-state index is -2.61. The highest BCUT2D eigenvalue weighted by Gasteiger charge is 2.65. The van der Waals surface area contributed by atoms with Crippen molar-refractivity contribution in [1.29, 1.82) is 0 Å². The molecule has 0 aromatic carbocycles. The Kier molecular flexibility index (Phi) is 2.63. The van der Waals surface area contributed by atoms with Crippen LogP contribution in [0.4, 0.5) is 14.6 Å². The van der Waals surface area contributed by atoms with E-state index in [1.54, 1.807) is 24.0 Å². The van der Waals surface area contributed by atoms with Crippen LogP contribution < -0.4 is 5.32 Å². The number of aromatic nitrogens is 5. The Balaban J connectivity index is 1.49. The largest absolute Gasteiger partial charge is 0.307 e. The molecule has 2 saturated carbocycles. The predicted octanol–water partition coefficient (Wildman–Crippen LogP) is 1.43. The summed E-state index contributed by atoms with van der Waals surface area (Å²) in [6, 6.07) is 1.75. The number of hydrogen-bond donors (Lipinski definition) is 2. The SMILES string of the molecule is Cn1nccc1-c1n[nH]nc1NC(=O)C1[C@H]2CC(F)(F)C[C@@H]12. The number of alkyl halides is 2. The number of nitrogens with zero attached hydrogens (tertiary/aromatic N) is 4. The van der Waals surface area contributed by atoms with Crippen molar-refractivity contribution in [1.82, 2.24) is 25.2 Å². The zero-order valence-electron chi connectivity index (χ0n) is 11.8. The number of aryl methyl sites for hydroxylation is 1. The van der Waals surface area contributed by atoms with Crippen LogP contribution in [-0.2, 0) is 11.8 Å². The maximum Gasteiger partial charge on any atom is 0.248 e. The lowest BCUT2D eigenvalue weighted by Gasteiger charge is -2.12. The molecular weight excluding hydrogens is 294 g/mol. The van der Waals surface area contributed by atoms with Gasteiger partial charge in [-0.3, -0.25) is 9.48 Å². The first-order valence-electron chi connectivity index (χ1n) is 7.04. The standard InChI is InChI=1S/C13H14F2N6O/c1-21-8(2-3-16-21)10-11(19-20-18-10)17-12(22)9-6-4-13(14,15)5-7(6)9/h2-3,6-7,9H,4-5H2,1H3,(H2,17,18,19,20,22)/t6-,7+,9?. The van der Waals surface area contributed by atoms with E-state index in [4.69, 9.17) is 0 Å². The van der Waals surface area contributed by atoms with Crippen LogP contribution in [0.3, 0.4) is 0 Å². The third kappa shape index (κ3) is 1.99. The van der Waals surface area contributed by atoms with E-state index in [1.807, 2.05) is 0 Å². The van der Waals surface area contributed by atoms with Gasteiger partial charge in [0.15, 0.2) is 11.5 Å². The first kappa shape index (κ1) is 13.4. The summed E-state index contributed by atoms with van der Waals surface area (Å²) in [4.78, 5) is 12.2. The van der Waals surface area contributed by atoms with Crippen LogP contribution in [0.2, 0.25) is 0 Å². The molecule has 2 aromatic heterocycles. The molecule has 1 amide bonds. The van der Waals surface area contributed by atoms with Crippen LogP contribution in [-0.4, -0.2) is 37.0 Å². The van der Waals surface area contributed by atoms with Gasteiger partial charge < -0.3 is 5.32 Å². The van der Waals surface area contributed by atoms with Crippen LogP contribution in [0.5, 0.6) is 0 Å². The molecule has 9 heteroatoms. The van der Waals surface area contributed by atoms with Crippen molar-refractivity contribution in [3.63, 3.8) is 0 Å². The molecular formula is C13H14F2N6O. The predicted molar refractivity (Wildman–Crippen MR) is 71.9 cm³/mol. The van der Waals surface area contributed by atoms with E-state index >= 15 is 0 Å². The fraction of sp³-hybridized carbons (Fsp3) is 0.538. The average molecular weight is 308 g/mol. The van der Waals surface area contributed by atoms with Gasteiger partial charge in [0.25, 0.3) is 0 Å². The number of fused-ring (bicyclic) bond motifs is 1. The molecule has 0 saturated heterocycles. The summed E-state index contributed by atoms with van der Waals surface area (Å²) >= 11 is 0. The van der Waals surface area contributed by atoms with Gasteiger partial charge in [0.1, 0.15) is 0 Å². The van der Waals surface area contributed by atoms with Crippen LogP contribution >= 0.6 is 0 Å². The second-order valence-electron chi connectivity index (χ2n) is 5.97. The van der Waals surface area contributed by atoms with Gasteiger partial charge in [-0.25, -0.2) is 8.78 Å². The van der Waals surface area contributed by atoms with Gasteiger partial charge in [0, 0.05) is 32.0 Å². The normalized spacial score (nSPS) is 28.4.